The number of nitro benzene ring substituents is 1. The zero-order chi connectivity index (χ0) is 20.3. The predicted molar refractivity (Wildman–Crippen MR) is 104 cm³/mol. The number of hydrogen-bond acceptors (Lipinski definition) is 8. The Morgan fingerprint density at radius 3 is 2.68 bits per heavy atom. The van der Waals surface area contributed by atoms with Crippen molar-refractivity contribution in [1.82, 2.24) is 5.43 Å². The highest BCUT2D eigenvalue weighted by Crippen LogP contribution is 2.29. The number of hydrazone groups is 1. The minimum Gasteiger partial charge on any atom is -0.455 e. The number of nitrogens with two attached hydrogens (primary N) is 1. The molecule has 0 fully saturated rings. The maximum Gasteiger partial charge on any atom is 0.281 e. The van der Waals surface area contributed by atoms with Gasteiger partial charge < -0.3 is 10.2 Å². The molecule has 1 aromatic carbocycles. The molecule has 0 spiro atoms. The smallest absolute Gasteiger partial charge is 0.281 e. The van der Waals surface area contributed by atoms with Crippen molar-refractivity contribution in [3.8, 4) is 17.4 Å². The van der Waals surface area contributed by atoms with Crippen LogP contribution in [0.4, 0.5) is 10.7 Å². The Morgan fingerprint density at radius 2 is 2.07 bits per heavy atom. The molecule has 3 aromatic rings. The summed E-state index contributed by atoms with van der Waals surface area (Å²) in [7, 11) is 0. The average Bonchev–Trinajstić information content (AvgIpc) is 3.26. The zero-order valence-corrected chi connectivity index (χ0v) is 15.3. The van der Waals surface area contributed by atoms with Crippen molar-refractivity contribution in [2.45, 2.75) is 6.92 Å². The third kappa shape index (κ3) is 3.74. The molecule has 10 heteroatoms. The van der Waals surface area contributed by atoms with E-state index in [4.69, 9.17) is 15.4 Å². The number of furan rings is 1. The number of nitrogens with zero attached hydrogens (tertiary/aromatic N) is 3. The fourth-order valence-corrected chi connectivity index (χ4v) is 3.34. The lowest BCUT2D eigenvalue weighted by molar-refractivity contribution is -0.384. The highest BCUT2D eigenvalue weighted by atomic mass is 32.1. The molecular formula is C18H13N5O4S. The van der Waals surface area contributed by atoms with E-state index in [0.29, 0.717) is 27.5 Å². The van der Waals surface area contributed by atoms with E-state index in [0.717, 1.165) is 11.3 Å². The van der Waals surface area contributed by atoms with Gasteiger partial charge in [0.1, 0.15) is 27.5 Å². The molecular weight excluding hydrogens is 382 g/mol. The van der Waals surface area contributed by atoms with Gasteiger partial charge in [0.15, 0.2) is 0 Å². The van der Waals surface area contributed by atoms with Crippen molar-refractivity contribution in [1.29, 1.82) is 5.26 Å². The maximum atomic E-state index is 12.2. The largest absolute Gasteiger partial charge is 0.455 e. The predicted octanol–water partition coefficient (Wildman–Crippen LogP) is 3.44. The van der Waals surface area contributed by atoms with Crippen molar-refractivity contribution in [2.24, 2.45) is 5.10 Å². The van der Waals surface area contributed by atoms with Gasteiger partial charge in [-0.2, -0.15) is 10.4 Å². The summed E-state index contributed by atoms with van der Waals surface area (Å²) in [5.74, 6) is 0.408. The van der Waals surface area contributed by atoms with Gasteiger partial charge in [-0.25, -0.2) is 5.43 Å². The number of carbonyl (C=O) groups excluding carboxylic acids is 1. The number of carbonyl (C=O) groups is 1. The van der Waals surface area contributed by atoms with Gasteiger partial charge in [-0.1, -0.05) is 0 Å². The fourth-order valence-electron chi connectivity index (χ4n) is 2.42. The molecule has 0 aliphatic carbocycles. The minimum absolute atomic E-state index is 0.0103. The van der Waals surface area contributed by atoms with E-state index >= 15 is 0 Å². The molecule has 0 unspecified atom stereocenters. The summed E-state index contributed by atoms with van der Waals surface area (Å²) < 4.78 is 5.59. The number of benzene rings is 1. The van der Waals surface area contributed by atoms with Gasteiger partial charge in [-0.15, -0.1) is 11.3 Å². The number of rotatable bonds is 5. The Balaban J connectivity index is 1.68. The summed E-state index contributed by atoms with van der Waals surface area (Å²) in [5.41, 5.74) is 9.54. The Kier molecular flexibility index (Phi) is 5.19. The highest BCUT2D eigenvalue weighted by Gasteiger charge is 2.18. The summed E-state index contributed by atoms with van der Waals surface area (Å²) in [6, 6.07) is 11.2. The number of non-ortho nitro benzene ring substituents is 1. The van der Waals surface area contributed by atoms with Crippen LogP contribution >= 0.6 is 11.3 Å². The molecule has 140 valence electrons. The third-order valence-corrected chi connectivity index (χ3v) is 4.96. The minimum atomic E-state index is -0.478. The van der Waals surface area contributed by atoms with Crippen molar-refractivity contribution in [3.05, 3.63) is 68.3 Å². The first kappa shape index (κ1) is 18.8. The summed E-state index contributed by atoms with van der Waals surface area (Å²) in [5, 5.41) is 23.9. The molecule has 2 heterocycles. The van der Waals surface area contributed by atoms with E-state index in [1.807, 2.05) is 6.07 Å². The van der Waals surface area contributed by atoms with Gasteiger partial charge in [-0.05, 0) is 36.8 Å². The lowest BCUT2D eigenvalue weighted by Gasteiger charge is -1.98. The van der Waals surface area contributed by atoms with E-state index in [1.165, 1.54) is 18.3 Å². The van der Waals surface area contributed by atoms with E-state index in [1.54, 1.807) is 31.2 Å². The molecule has 0 aliphatic heterocycles. The maximum absolute atomic E-state index is 12.2. The Bertz CT molecular complexity index is 1120. The summed E-state index contributed by atoms with van der Waals surface area (Å²) in [4.78, 5) is 22.7. The molecule has 0 radical (unpaired) electrons. The number of thiophene rings is 1. The monoisotopic (exact) mass is 395 g/mol. The number of anilines is 1. The van der Waals surface area contributed by atoms with Crippen molar-refractivity contribution < 1.29 is 14.1 Å². The molecule has 2 aromatic heterocycles. The Labute approximate surface area is 162 Å². The van der Waals surface area contributed by atoms with Crippen LogP contribution in [0.5, 0.6) is 0 Å². The second-order valence-corrected chi connectivity index (χ2v) is 6.66. The number of nitrogen functional groups attached to an aromatic ring is 1. The lowest BCUT2D eigenvalue weighted by Crippen LogP contribution is -2.17. The van der Waals surface area contributed by atoms with Crippen LogP contribution in [-0.2, 0) is 0 Å². The SMILES string of the molecule is Cc1c(C(=O)N/N=C/c2ccc(-c3ccc([N+](=O)[O-])cc3)o2)sc(N)c1C#N. The van der Waals surface area contributed by atoms with Gasteiger partial charge in [0.2, 0.25) is 0 Å². The van der Waals surface area contributed by atoms with Gasteiger partial charge in [-0.3, -0.25) is 14.9 Å². The topological polar surface area (TPSA) is 148 Å². The third-order valence-electron chi connectivity index (χ3n) is 3.84. The number of nitro groups is 1. The Hall–Kier alpha value is -3.97. The van der Waals surface area contributed by atoms with Crippen molar-refractivity contribution in [2.75, 3.05) is 5.73 Å². The summed E-state index contributed by atoms with van der Waals surface area (Å²) in [6.45, 7) is 1.65. The fraction of sp³-hybridized carbons (Fsp3) is 0.0556. The van der Waals surface area contributed by atoms with Gasteiger partial charge in [0.25, 0.3) is 11.6 Å². The average molecular weight is 395 g/mol. The zero-order valence-electron chi connectivity index (χ0n) is 14.5. The van der Waals surface area contributed by atoms with Gasteiger partial charge in [0, 0.05) is 17.7 Å². The van der Waals surface area contributed by atoms with Crippen molar-refractivity contribution in [3.63, 3.8) is 0 Å². The van der Waals surface area contributed by atoms with Crippen molar-refractivity contribution >= 4 is 34.1 Å². The first-order valence-corrected chi connectivity index (χ1v) is 8.69. The summed E-state index contributed by atoms with van der Waals surface area (Å²) >= 11 is 1.02. The van der Waals surface area contributed by atoms with E-state index < -0.39 is 10.8 Å². The van der Waals surface area contributed by atoms with Crippen LogP contribution in [0.25, 0.3) is 11.3 Å². The first-order chi connectivity index (χ1) is 13.4. The first-order valence-electron chi connectivity index (χ1n) is 7.87. The molecule has 0 bridgehead atoms. The van der Waals surface area contributed by atoms with Crippen LogP contribution in [0.2, 0.25) is 0 Å². The molecule has 0 saturated heterocycles. The van der Waals surface area contributed by atoms with Crippen LogP contribution < -0.4 is 11.2 Å². The van der Waals surface area contributed by atoms with Gasteiger partial charge in [0.05, 0.1) is 16.7 Å². The van der Waals surface area contributed by atoms with E-state index in [9.17, 15) is 14.9 Å². The normalized spacial score (nSPS) is 10.7. The lowest BCUT2D eigenvalue weighted by atomic mass is 10.1. The molecule has 9 nitrogen and oxygen atoms in total. The molecule has 1 amide bonds. The molecule has 3 N–H and O–H groups in total. The number of nitrogens with one attached hydrogen (secondary N) is 1. The molecule has 0 aliphatic rings. The molecule has 28 heavy (non-hydrogen) atoms. The van der Waals surface area contributed by atoms with Crippen LogP contribution in [-0.4, -0.2) is 17.0 Å². The molecule has 0 saturated carbocycles. The van der Waals surface area contributed by atoms with E-state index in [-0.39, 0.29) is 16.3 Å². The van der Waals surface area contributed by atoms with Gasteiger partial charge >= 0.3 is 0 Å². The molecule has 3 rings (SSSR count). The standard InChI is InChI=1S/C18H13N5O4S/c1-10-14(8-19)17(20)28-16(10)18(24)22-21-9-13-6-7-15(27-13)11-2-4-12(5-3-11)23(25)26/h2-7,9H,20H2,1H3,(H,22,24)/b21-9+. The van der Waals surface area contributed by atoms with Crippen LogP contribution in [0.15, 0.2) is 45.9 Å². The van der Waals surface area contributed by atoms with Crippen LogP contribution in [0, 0.1) is 28.4 Å². The number of amides is 1. The number of nitriles is 1. The van der Waals surface area contributed by atoms with Crippen LogP contribution in [0.1, 0.15) is 26.6 Å². The second-order valence-electron chi connectivity index (χ2n) is 5.61. The number of hydrogen-bond donors (Lipinski definition) is 2. The quantitative estimate of drug-likeness (QED) is 0.384. The van der Waals surface area contributed by atoms with E-state index in [2.05, 4.69) is 10.5 Å². The molecule has 0 atom stereocenters. The summed E-state index contributed by atoms with van der Waals surface area (Å²) in [6.07, 6.45) is 1.32. The van der Waals surface area contributed by atoms with Crippen LogP contribution in [0.3, 0.4) is 0 Å². The highest BCUT2D eigenvalue weighted by molar-refractivity contribution is 7.18. The Morgan fingerprint density at radius 1 is 1.36 bits per heavy atom. The second kappa shape index (κ2) is 7.73.